The molecule has 1 aromatic rings. The first-order valence-corrected chi connectivity index (χ1v) is 7.60. The molecule has 2 N–H and O–H groups in total. The number of aromatic nitrogens is 2. The van der Waals surface area contributed by atoms with E-state index < -0.39 is 0 Å². The Balaban J connectivity index is 3.08. The van der Waals surface area contributed by atoms with Crippen LogP contribution in [-0.2, 0) is 13.5 Å². The van der Waals surface area contributed by atoms with Crippen LogP contribution >= 0.6 is 0 Å². The number of hydrogen-bond donors (Lipinski definition) is 1. The summed E-state index contributed by atoms with van der Waals surface area (Å²) in [4.78, 5) is 14.7. The third-order valence-corrected chi connectivity index (χ3v) is 3.83. The SMILES string of the molecule is CCCCN(C(=O)c1c(N)c(CC)nn1C)C(C)CC. The van der Waals surface area contributed by atoms with E-state index in [1.807, 2.05) is 11.8 Å². The second kappa shape index (κ2) is 7.31. The summed E-state index contributed by atoms with van der Waals surface area (Å²) < 4.78 is 1.62. The number of rotatable bonds is 7. The van der Waals surface area contributed by atoms with Crippen LogP contribution in [0.1, 0.15) is 63.1 Å². The van der Waals surface area contributed by atoms with Gasteiger partial charge in [-0.3, -0.25) is 9.48 Å². The molecule has 1 atom stereocenters. The number of nitrogens with zero attached hydrogens (tertiary/aromatic N) is 3. The number of amides is 1. The number of anilines is 1. The quantitative estimate of drug-likeness (QED) is 0.835. The number of nitrogens with two attached hydrogens (primary N) is 1. The van der Waals surface area contributed by atoms with Gasteiger partial charge in [-0.1, -0.05) is 27.2 Å². The van der Waals surface area contributed by atoms with Gasteiger partial charge in [0.25, 0.3) is 5.91 Å². The Morgan fingerprint density at radius 1 is 1.40 bits per heavy atom. The average molecular weight is 280 g/mol. The topological polar surface area (TPSA) is 64.2 Å². The molecule has 1 heterocycles. The molecule has 0 bridgehead atoms. The number of carbonyl (C=O) groups is 1. The molecule has 0 aliphatic heterocycles. The van der Waals surface area contributed by atoms with Crippen LogP contribution < -0.4 is 5.73 Å². The molecular weight excluding hydrogens is 252 g/mol. The minimum atomic E-state index is 0.000000000000000444. The molecule has 1 aromatic heterocycles. The van der Waals surface area contributed by atoms with Crippen LogP contribution in [0.25, 0.3) is 0 Å². The largest absolute Gasteiger partial charge is 0.395 e. The van der Waals surface area contributed by atoms with Crippen LogP contribution in [0.3, 0.4) is 0 Å². The molecule has 0 radical (unpaired) electrons. The highest BCUT2D eigenvalue weighted by Gasteiger charge is 2.26. The van der Waals surface area contributed by atoms with Gasteiger partial charge in [0, 0.05) is 19.6 Å². The molecular formula is C15H28N4O. The van der Waals surface area contributed by atoms with E-state index in [0.717, 1.165) is 37.9 Å². The van der Waals surface area contributed by atoms with Gasteiger partial charge in [-0.2, -0.15) is 5.10 Å². The lowest BCUT2D eigenvalue weighted by Gasteiger charge is -2.28. The fourth-order valence-electron chi connectivity index (χ4n) is 2.32. The van der Waals surface area contributed by atoms with Gasteiger partial charge >= 0.3 is 0 Å². The summed E-state index contributed by atoms with van der Waals surface area (Å²) in [5.41, 5.74) is 7.95. The van der Waals surface area contributed by atoms with Crippen molar-refractivity contribution in [3.63, 3.8) is 0 Å². The molecule has 0 aromatic carbocycles. The lowest BCUT2D eigenvalue weighted by Crippen LogP contribution is -2.40. The molecule has 1 amide bonds. The van der Waals surface area contributed by atoms with Crippen molar-refractivity contribution in [1.29, 1.82) is 0 Å². The first-order chi connectivity index (χ1) is 9.47. The maximum atomic E-state index is 12.8. The number of aryl methyl sites for hydroxylation is 2. The highest BCUT2D eigenvalue weighted by Crippen LogP contribution is 2.21. The summed E-state index contributed by atoms with van der Waals surface area (Å²) >= 11 is 0. The maximum absolute atomic E-state index is 12.8. The van der Waals surface area contributed by atoms with Gasteiger partial charge in [0.15, 0.2) is 0 Å². The predicted octanol–water partition coefficient (Wildman–Crippen LogP) is 2.61. The van der Waals surface area contributed by atoms with Crippen LogP contribution in [0.2, 0.25) is 0 Å². The fourth-order valence-corrected chi connectivity index (χ4v) is 2.32. The molecule has 0 aliphatic carbocycles. The van der Waals surface area contributed by atoms with E-state index in [9.17, 15) is 4.79 Å². The van der Waals surface area contributed by atoms with Crippen LogP contribution in [-0.4, -0.2) is 33.2 Å². The monoisotopic (exact) mass is 280 g/mol. The molecule has 0 saturated carbocycles. The van der Waals surface area contributed by atoms with Gasteiger partial charge in [0.1, 0.15) is 5.69 Å². The molecule has 0 saturated heterocycles. The summed E-state index contributed by atoms with van der Waals surface area (Å²) in [5.74, 6) is 0.000000000000000444. The summed E-state index contributed by atoms with van der Waals surface area (Å²) in [5, 5.41) is 4.34. The zero-order valence-corrected chi connectivity index (χ0v) is 13.4. The first-order valence-electron chi connectivity index (χ1n) is 7.60. The molecule has 20 heavy (non-hydrogen) atoms. The Labute approximate surface area is 122 Å². The number of carbonyl (C=O) groups excluding carboxylic acids is 1. The minimum absolute atomic E-state index is 0.000000000000000444. The van der Waals surface area contributed by atoms with E-state index in [1.165, 1.54) is 0 Å². The number of hydrogen-bond acceptors (Lipinski definition) is 3. The van der Waals surface area contributed by atoms with E-state index in [-0.39, 0.29) is 11.9 Å². The maximum Gasteiger partial charge on any atom is 0.274 e. The molecule has 1 unspecified atom stereocenters. The summed E-state index contributed by atoms with van der Waals surface area (Å²) in [6, 6.07) is 0.216. The van der Waals surface area contributed by atoms with Gasteiger partial charge in [-0.25, -0.2) is 0 Å². The third kappa shape index (κ3) is 3.32. The first kappa shape index (κ1) is 16.5. The number of unbranched alkanes of at least 4 members (excludes halogenated alkanes) is 1. The van der Waals surface area contributed by atoms with Crippen molar-refractivity contribution in [3.8, 4) is 0 Å². The van der Waals surface area contributed by atoms with Gasteiger partial charge in [-0.05, 0) is 26.2 Å². The highest BCUT2D eigenvalue weighted by atomic mass is 16.2. The highest BCUT2D eigenvalue weighted by molar-refractivity contribution is 5.98. The van der Waals surface area contributed by atoms with Crippen molar-refractivity contribution in [1.82, 2.24) is 14.7 Å². The second-order valence-electron chi connectivity index (χ2n) is 5.30. The molecule has 5 nitrogen and oxygen atoms in total. The summed E-state index contributed by atoms with van der Waals surface area (Å²) in [7, 11) is 1.79. The van der Waals surface area contributed by atoms with E-state index >= 15 is 0 Å². The van der Waals surface area contributed by atoms with E-state index in [0.29, 0.717) is 11.4 Å². The van der Waals surface area contributed by atoms with E-state index in [2.05, 4.69) is 25.9 Å². The number of nitrogen functional groups attached to an aromatic ring is 1. The van der Waals surface area contributed by atoms with Crippen LogP contribution in [0, 0.1) is 0 Å². The standard InChI is InChI=1S/C15H28N4O/c1-6-9-10-19(11(4)7-2)15(20)14-13(16)12(8-3)17-18(14)5/h11H,6-10,16H2,1-5H3. The molecule has 114 valence electrons. The van der Waals surface area contributed by atoms with E-state index in [1.54, 1.807) is 11.7 Å². The fraction of sp³-hybridized carbons (Fsp3) is 0.733. The van der Waals surface area contributed by atoms with Crippen molar-refractivity contribution >= 4 is 11.6 Å². The smallest absolute Gasteiger partial charge is 0.274 e. The molecule has 0 aliphatic rings. The zero-order valence-electron chi connectivity index (χ0n) is 13.4. The second-order valence-corrected chi connectivity index (χ2v) is 5.30. The van der Waals surface area contributed by atoms with Gasteiger partial charge in [0.05, 0.1) is 11.4 Å². The van der Waals surface area contributed by atoms with Gasteiger partial charge in [0.2, 0.25) is 0 Å². The Kier molecular flexibility index (Phi) is 6.05. The van der Waals surface area contributed by atoms with Crippen LogP contribution in [0.5, 0.6) is 0 Å². The average Bonchev–Trinajstić information content (AvgIpc) is 2.72. The van der Waals surface area contributed by atoms with Crippen molar-refractivity contribution < 1.29 is 4.79 Å². The normalized spacial score (nSPS) is 12.4. The predicted molar refractivity (Wildman–Crippen MR) is 82.7 cm³/mol. The summed E-state index contributed by atoms with van der Waals surface area (Å²) in [6.45, 7) is 9.08. The van der Waals surface area contributed by atoms with Gasteiger partial charge in [-0.15, -0.1) is 0 Å². The molecule has 1 rings (SSSR count). The van der Waals surface area contributed by atoms with Crippen LogP contribution in [0.4, 0.5) is 5.69 Å². The Morgan fingerprint density at radius 2 is 2.05 bits per heavy atom. The third-order valence-electron chi connectivity index (χ3n) is 3.83. The van der Waals surface area contributed by atoms with E-state index in [4.69, 9.17) is 5.73 Å². The van der Waals surface area contributed by atoms with Crippen molar-refractivity contribution in [2.45, 2.75) is 59.4 Å². The lowest BCUT2D eigenvalue weighted by atomic mass is 10.1. The van der Waals surface area contributed by atoms with Gasteiger partial charge < -0.3 is 10.6 Å². The van der Waals surface area contributed by atoms with Crippen molar-refractivity contribution in [3.05, 3.63) is 11.4 Å². The molecule has 0 spiro atoms. The summed E-state index contributed by atoms with van der Waals surface area (Å²) in [6.07, 6.45) is 3.76. The zero-order chi connectivity index (χ0) is 15.3. The minimum Gasteiger partial charge on any atom is -0.395 e. The van der Waals surface area contributed by atoms with Crippen molar-refractivity contribution in [2.24, 2.45) is 7.05 Å². The Morgan fingerprint density at radius 3 is 2.50 bits per heavy atom. The Hall–Kier alpha value is -1.52. The van der Waals surface area contributed by atoms with Crippen molar-refractivity contribution in [2.75, 3.05) is 12.3 Å². The lowest BCUT2D eigenvalue weighted by molar-refractivity contribution is 0.0675. The molecule has 0 fully saturated rings. The molecule has 5 heteroatoms. The van der Waals surface area contributed by atoms with Crippen LogP contribution in [0.15, 0.2) is 0 Å². The Bertz CT molecular complexity index is 453.